The number of halogens is 1. The zero-order valence-electron chi connectivity index (χ0n) is 15.4. The number of Topliss-reactive ketones (excluding diaryl/α,β-unsaturated/α-hetero) is 1. The van der Waals surface area contributed by atoms with Gasteiger partial charge in [-0.3, -0.25) is 9.59 Å². The molecule has 1 unspecified atom stereocenters. The number of nitrogens with zero attached hydrogens (tertiary/aromatic N) is 1. The van der Waals surface area contributed by atoms with Crippen molar-refractivity contribution in [2.24, 2.45) is 0 Å². The Morgan fingerprint density at radius 2 is 1.62 bits per heavy atom. The van der Waals surface area contributed by atoms with Crippen LogP contribution in [0.15, 0.2) is 72.8 Å². The number of hydrogen-bond donors (Lipinski definition) is 2. The first-order chi connectivity index (χ1) is 13.9. The number of rotatable bonds is 5. The standard InChI is InChI=1S/C23H18ClNO4/c24-18-10-4-1-7-15(18)14-25-19-11-5-3-9-17(19)23(29,22(25)28)13-21(27)16-8-2-6-12-20(16)26/h1-12,26,29H,13-14H2. The smallest absolute Gasteiger partial charge is 0.264 e. The highest BCUT2D eigenvalue weighted by Crippen LogP contribution is 2.44. The van der Waals surface area contributed by atoms with Gasteiger partial charge < -0.3 is 15.1 Å². The van der Waals surface area contributed by atoms with Gasteiger partial charge in [0.1, 0.15) is 5.75 Å². The van der Waals surface area contributed by atoms with Crippen molar-refractivity contribution in [1.82, 2.24) is 0 Å². The molecule has 4 rings (SSSR count). The van der Waals surface area contributed by atoms with Crippen LogP contribution < -0.4 is 4.90 Å². The topological polar surface area (TPSA) is 77.8 Å². The van der Waals surface area contributed by atoms with E-state index in [2.05, 4.69) is 0 Å². The fourth-order valence-electron chi connectivity index (χ4n) is 3.67. The summed E-state index contributed by atoms with van der Waals surface area (Å²) in [6.07, 6.45) is -0.473. The van der Waals surface area contributed by atoms with E-state index in [9.17, 15) is 19.8 Å². The van der Waals surface area contributed by atoms with Crippen LogP contribution in [0.3, 0.4) is 0 Å². The van der Waals surface area contributed by atoms with Gasteiger partial charge in [0.2, 0.25) is 0 Å². The lowest BCUT2D eigenvalue weighted by atomic mass is 9.88. The first-order valence-corrected chi connectivity index (χ1v) is 9.48. The van der Waals surface area contributed by atoms with Gasteiger partial charge in [-0.2, -0.15) is 0 Å². The van der Waals surface area contributed by atoms with Crippen molar-refractivity contribution in [3.8, 4) is 5.75 Å². The van der Waals surface area contributed by atoms with Crippen molar-refractivity contribution < 1.29 is 19.8 Å². The third kappa shape index (κ3) is 3.28. The van der Waals surface area contributed by atoms with Crippen LogP contribution in [-0.4, -0.2) is 21.9 Å². The second-order valence-corrected chi connectivity index (χ2v) is 7.38. The Morgan fingerprint density at radius 1 is 0.966 bits per heavy atom. The summed E-state index contributed by atoms with van der Waals surface area (Å²) in [5.74, 6) is -1.30. The number of anilines is 1. The number of phenols is 1. The zero-order valence-corrected chi connectivity index (χ0v) is 16.1. The molecule has 5 nitrogen and oxygen atoms in total. The molecule has 0 radical (unpaired) electrons. The largest absolute Gasteiger partial charge is 0.507 e. The van der Waals surface area contributed by atoms with Gasteiger partial charge in [0.25, 0.3) is 5.91 Å². The normalized spacial score (nSPS) is 18.0. The average molecular weight is 408 g/mol. The molecule has 29 heavy (non-hydrogen) atoms. The molecule has 0 spiro atoms. The molecular formula is C23H18ClNO4. The summed E-state index contributed by atoms with van der Waals surface area (Å²) in [6.45, 7) is 0.169. The maximum absolute atomic E-state index is 13.3. The summed E-state index contributed by atoms with van der Waals surface area (Å²) in [5, 5.41) is 21.8. The highest BCUT2D eigenvalue weighted by Gasteiger charge is 2.51. The Morgan fingerprint density at radius 3 is 2.38 bits per heavy atom. The summed E-state index contributed by atoms with van der Waals surface area (Å²) in [4.78, 5) is 27.5. The van der Waals surface area contributed by atoms with Crippen molar-refractivity contribution in [2.45, 2.75) is 18.6 Å². The molecular weight excluding hydrogens is 390 g/mol. The molecule has 146 valence electrons. The molecule has 0 saturated heterocycles. The molecule has 0 fully saturated rings. The molecule has 1 atom stereocenters. The first kappa shape index (κ1) is 19.2. The number of carbonyl (C=O) groups excluding carboxylic acids is 2. The van der Waals surface area contributed by atoms with Crippen LogP contribution in [0.4, 0.5) is 5.69 Å². The summed E-state index contributed by atoms with van der Waals surface area (Å²) < 4.78 is 0. The number of aliphatic hydroxyl groups is 1. The first-order valence-electron chi connectivity index (χ1n) is 9.10. The number of benzene rings is 3. The van der Waals surface area contributed by atoms with Crippen LogP contribution in [-0.2, 0) is 16.9 Å². The third-order valence-electron chi connectivity index (χ3n) is 5.15. The van der Waals surface area contributed by atoms with Crippen LogP contribution >= 0.6 is 11.6 Å². The molecule has 0 aliphatic carbocycles. The molecule has 0 saturated carbocycles. The molecule has 0 aromatic heterocycles. The van der Waals surface area contributed by atoms with E-state index in [4.69, 9.17) is 11.6 Å². The molecule has 0 bridgehead atoms. The summed E-state index contributed by atoms with van der Waals surface area (Å²) in [5.41, 5.74) is -0.327. The second-order valence-electron chi connectivity index (χ2n) is 6.98. The number of fused-ring (bicyclic) bond motifs is 1. The molecule has 2 N–H and O–H groups in total. The summed E-state index contributed by atoms with van der Waals surface area (Å²) in [7, 11) is 0. The van der Waals surface area contributed by atoms with Gasteiger partial charge in [0, 0.05) is 10.6 Å². The van der Waals surface area contributed by atoms with Crippen molar-refractivity contribution in [3.05, 3.63) is 94.5 Å². The minimum atomic E-state index is -2.02. The molecule has 1 amide bonds. The monoisotopic (exact) mass is 407 g/mol. The SMILES string of the molecule is O=C(CC1(O)C(=O)N(Cc2ccccc2Cl)c2ccccc21)c1ccccc1O. The van der Waals surface area contributed by atoms with Crippen LogP contribution in [0, 0.1) is 0 Å². The molecule has 1 heterocycles. The molecule has 6 heteroatoms. The number of carbonyl (C=O) groups is 2. The highest BCUT2D eigenvalue weighted by molar-refractivity contribution is 6.31. The number of hydrogen-bond acceptors (Lipinski definition) is 4. The Balaban J connectivity index is 1.71. The van der Waals surface area contributed by atoms with Gasteiger partial charge in [0.15, 0.2) is 11.4 Å². The molecule has 3 aromatic rings. The van der Waals surface area contributed by atoms with Crippen molar-refractivity contribution in [1.29, 1.82) is 0 Å². The van der Waals surface area contributed by atoms with Gasteiger partial charge in [-0.1, -0.05) is 60.1 Å². The van der Waals surface area contributed by atoms with Crippen LogP contribution in [0.1, 0.15) is 27.9 Å². The van der Waals surface area contributed by atoms with E-state index in [0.717, 1.165) is 5.56 Å². The van der Waals surface area contributed by atoms with E-state index in [0.29, 0.717) is 16.3 Å². The maximum Gasteiger partial charge on any atom is 0.264 e. The Bertz CT molecular complexity index is 1110. The highest BCUT2D eigenvalue weighted by atomic mass is 35.5. The minimum Gasteiger partial charge on any atom is -0.507 e. The lowest BCUT2D eigenvalue weighted by Crippen LogP contribution is -2.41. The van der Waals surface area contributed by atoms with Gasteiger partial charge in [-0.25, -0.2) is 0 Å². The quantitative estimate of drug-likeness (QED) is 0.625. The van der Waals surface area contributed by atoms with Gasteiger partial charge in [0.05, 0.1) is 24.2 Å². The maximum atomic E-state index is 13.3. The predicted molar refractivity (Wildman–Crippen MR) is 110 cm³/mol. The van der Waals surface area contributed by atoms with Crippen molar-refractivity contribution in [2.75, 3.05) is 4.90 Å². The Hall–Kier alpha value is -3.15. The van der Waals surface area contributed by atoms with E-state index < -0.39 is 23.7 Å². The predicted octanol–water partition coefficient (Wildman–Crippen LogP) is 4.05. The second kappa shape index (κ2) is 7.35. The van der Waals surface area contributed by atoms with Crippen LogP contribution in [0.25, 0.3) is 0 Å². The lowest BCUT2D eigenvalue weighted by molar-refractivity contribution is -0.136. The number of phenolic OH excluding ortho intramolecular Hbond substituents is 1. The van der Waals surface area contributed by atoms with Crippen LogP contribution in [0.2, 0.25) is 5.02 Å². The third-order valence-corrected chi connectivity index (χ3v) is 5.52. The fourth-order valence-corrected chi connectivity index (χ4v) is 3.86. The van der Waals surface area contributed by atoms with E-state index in [1.165, 1.54) is 17.0 Å². The van der Waals surface area contributed by atoms with E-state index in [1.807, 2.05) is 12.1 Å². The summed E-state index contributed by atoms with van der Waals surface area (Å²) in [6, 6.07) is 20.1. The van der Waals surface area contributed by atoms with Gasteiger partial charge in [-0.15, -0.1) is 0 Å². The number of ketones is 1. The van der Waals surface area contributed by atoms with Gasteiger partial charge >= 0.3 is 0 Å². The van der Waals surface area contributed by atoms with Crippen molar-refractivity contribution in [3.63, 3.8) is 0 Å². The molecule has 1 aliphatic rings. The Kier molecular flexibility index (Phi) is 4.86. The lowest BCUT2D eigenvalue weighted by Gasteiger charge is -2.23. The number of amides is 1. The number of aromatic hydroxyl groups is 1. The minimum absolute atomic E-state index is 0.0655. The van der Waals surface area contributed by atoms with Gasteiger partial charge in [-0.05, 0) is 29.8 Å². The zero-order chi connectivity index (χ0) is 20.6. The Labute approximate surface area is 172 Å². The van der Waals surface area contributed by atoms with Crippen molar-refractivity contribution >= 4 is 29.0 Å². The average Bonchev–Trinajstić information content (AvgIpc) is 2.92. The fraction of sp³-hybridized carbons (Fsp3) is 0.130. The summed E-state index contributed by atoms with van der Waals surface area (Å²) >= 11 is 6.25. The van der Waals surface area contributed by atoms with E-state index >= 15 is 0 Å². The van der Waals surface area contributed by atoms with E-state index in [1.54, 1.807) is 48.5 Å². The molecule has 3 aromatic carbocycles. The van der Waals surface area contributed by atoms with E-state index in [-0.39, 0.29) is 17.9 Å². The number of para-hydroxylation sites is 2. The molecule has 1 aliphatic heterocycles. The van der Waals surface area contributed by atoms with Crippen LogP contribution in [0.5, 0.6) is 5.75 Å².